The molecule has 4 rings (SSSR count). The summed E-state index contributed by atoms with van der Waals surface area (Å²) in [6, 6.07) is 1.52. The fraction of sp³-hybridized carbons (Fsp3) is 0.611. The van der Waals surface area contributed by atoms with E-state index in [1.165, 1.54) is 6.07 Å². The molecule has 2 aromatic heterocycles. The van der Waals surface area contributed by atoms with Gasteiger partial charge >= 0.3 is 6.01 Å². The Morgan fingerprint density at radius 1 is 1.19 bits per heavy atom. The molecule has 2 heterocycles. The third-order valence-electron chi connectivity index (χ3n) is 5.45. The molecule has 2 saturated carbocycles. The second-order valence-corrected chi connectivity index (χ2v) is 7.85. The molecule has 0 saturated heterocycles. The van der Waals surface area contributed by atoms with E-state index in [0.29, 0.717) is 5.65 Å². The molecule has 0 aromatic carbocycles. The fourth-order valence-electron chi connectivity index (χ4n) is 4.02. The van der Waals surface area contributed by atoms with Crippen molar-refractivity contribution in [2.24, 2.45) is 0 Å². The van der Waals surface area contributed by atoms with Gasteiger partial charge in [-0.15, -0.1) is 11.6 Å². The molecule has 0 aliphatic heterocycles. The van der Waals surface area contributed by atoms with Gasteiger partial charge < -0.3 is 20.1 Å². The number of nitrogens with zero attached hydrogens (tertiary/aromatic N) is 3. The number of fused-ring (bicyclic) bond motifs is 1. The largest absolute Gasteiger partial charge is 0.460 e. The van der Waals surface area contributed by atoms with Gasteiger partial charge in [-0.3, -0.25) is 4.79 Å². The minimum absolute atomic E-state index is 0.00260. The van der Waals surface area contributed by atoms with E-state index in [1.807, 2.05) is 4.57 Å². The van der Waals surface area contributed by atoms with Gasteiger partial charge in [0.15, 0.2) is 11.1 Å². The summed E-state index contributed by atoms with van der Waals surface area (Å²) in [6.45, 7) is 0. The monoisotopic (exact) mass is 378 g/mol. The number of ether oxygens (including phenoxy) is 1. The first-order valence-corrected chi connectivity index (χ1v) is 9.63. The van der Waals surface area contributed by atoms with Crippen LogP contribution in [0.2, 0.25) is 0 Å². The van der Waals surface area contributed by atoms with E-state index >= 15 is 0 Å². The lowest BCUT2D eigenvalue weighted by Crippen LogP contribution is -2.26. The average molecular weight is 379 g/mol. The van der Waals surface area contributed by atoms with E-state index in [1.54, 1.807) is 6.20 Å². The van der Waals surface area contributed by atoms with E-state index in [0.717, 1.165) is 44.9 Å². The summed E-state index contributed by atoms with van der Waals surface area (Å²) in [5, 5.41) is 10.8. The van der Waals surface area contributed by atoms with Crippen LogP contribution in [0.4, 0.5) is 5.82 Å². The predicted molar refractivity (Wildman–Crippen MR) is 99.6 cm³/mol. The van der Waals surface area contributed by atoms with Crippen molar-refractivity contribution >= 4 is 28.5 Å². The molecule has 2 aliphatic rings. The Hall–Kier alpha value is -1.86. The van der Waals surface area contributed by atoms with E-state index in [-0.39, 0.29) is 40.2 Å². The molecule has 0 bridgehead atoms. The van der Waals surface area contributed by atoms with Crippen LogP contribution in [0.15, 0.2) is 17.1 Å². The number of anilines is 1. The number of halogens is 1. The summed E-state index contributed by atoms with van der Waals surface area (Å²) in [5.41, 5.74) is 6.26. The standard InChI is InChI=1S/C18H23ClN4O3/c19-10-4-6-11(7-5-10)26-18-21-16(20)15-14(25)8-9-23(17(15)22-18)12-2-1-3-13(12)24/h8-13,24H,1-7H2,(H2,20,21,22)/t10?,11?,12-,13-/m0/s1. The lowest BCUT2D eigenvalue weighted by Gasteiger charge is -2.25. The maximum absolute atomic E-state index is 12.3. The van der Waals surface area contributed by atoms with Gasteiger partial charge in [-0.05, 0) is 44.9 Å². The van der Waals surface area contributed by atoms with Gasteiger partial charge in [0.1, 0.15) is 17.3 Å². The topological polar surface area (TPSA) is 103 Å². The molecule has 3 N–H and O–H groups in total. The predicted octanol–water partition coefficient (Wildman–Crippen LogP) is 2.39. The Balaban J connectivity index is 1.73. The Labute approximate surface area is 156 Å². The van der Waals surface area contributed by atoms with Crippen molar-refractivity contribution in [3.63, 3.8) is 0 Å². The third kappa shape index (κ3) is 3.25. The van der Waals surface area contributed by atoms with Gasteiger partial charge in [0, 0.05) is 17.6 Å². The smallest absolute Gasteiger partial charge is 0.320 e. The van der Waals surface area contributed by atoms with Gasteiger partial charge in [0.2, 0.25) is 0 Å². The zero-order chi connectivity index (χ0) is 18.3. The summed E-state index contributed by atoms with van der Waals surface area (Å²) < 4.78 is 7.78. The first-order chi connectivity index (χ1) is 12.5. The van der Waals surface area contributed by atoms with Crippen molar-refractivity contribution in [3.8, 4) is 6.01 Å². The molecule has 8 heteroatoms. The van der Waals surface area contributed by atoms with Crippen molar-refractivity contribution in [1.82, 2.24) is 14.5 Å². The highest BCUT2D eigenvalue weighted by Crippen LogP contribution is 2.33. The maximum atomic E-state index is 12.3. The van der Waals surface area contributed by atoms with Crippen LogP contribution in [0.25, 0.3) is 11.0 Å². The minimum Gasteiger partial charge on any atom is -0.460 e. The van der Waals surface area contributed by atoms with Crippen LogP contribution in [0.3, 0.4) is 0 Å². The lowest BCUT2D eigenvalue weighted by molar-refractivity contribution is 0.136. The molecule has 0 radical (unpaired) electrons. The summed E-state index contributed by atoms with van der Waals surface area (Å²) in [5.74, 6) is 0.114. The van der Waals surface area contributed by atoms with Gasteiger partial charge in [-0.2, -0.15) is 9.97 Å². The Kier molecular flexibility index (Phi) is 4.75. The van der Waals surface area contributed by atoms with Crippen molar-refractivity contribution < 1.29 is 9.84 Å². The Morgan fingerprint density at radius 2 is 1.96 bits per heavy atom. The second-order valence-electron chi connectivity index (χ2n) is 7.23. The summed E-state index contributed by atoms with van der Waals surface area (Å²) >= 11 is 6.14. The molecule has 140 valence electrons. The van der Waals surface area contributed by atoms with Crippen molar-refractivity contribution in [2.75, 3.05) is 5.73 Å². The van der Waals surface area contributed by atoms with Crippen LogP contribution >= 0.6 is 11.6 Å². The molecule has 0 amide bonds. The molecule has 2 aliphatic carbocycles. The van der Waals surface area contributed by atoms with Gasteiger partial charge in [0.25, 0.3) is 0 Å². The number of aliphatic hydroxyl groups excluding tert-OH is 1. The van der Waals surface area contributed by atoms with Crippen LogP contribution in [0.1, 0.15) is 51.0 Å². The molecule has 0 unspecified atom stereocenters. The van der Waals surface area contributed by atoms with Gasteiger partial charge in [0.05, 0.1) is 12.1 Å². The molecule has 7 nitrogen and oxygen atoms in total. The zero-order valence-electron chi connectivity index (χ0n) is 14.5. The number of pyridine rings is 1. The number of aliphatic hydroxyl groups is 1. The van der Waals surface area contributed by atoms with E-state index in [2.05, 4.69) is 9.97 Å². The summed E-state index contributed by atoms with van der Waals surface area (Å²) in [6.07, 6.45) is 7.22. The molecule has 2 atom stereocenters. The summed E-state index contributed by atoms with van der Waals surface area (Å²) in [4.78, 5) is 21.0. The van der Waals surface area contributed by atoms with Crippen LogP contribution in [-0.4, -0.2) is 37.2 Å². The van der Waals surface area contributed by atoms with Crippen molar-refractivity contribution in [3.05, 3.63) is 22.5 Å². The lowest BCUT2D eigenvalue weighted by atomic mass is 9.97. The zero-order valence-corrected chi connectivity index (χ0v) is 15.2. The highest BCUT2D eigenvalue weighted by molar-refractivity contribution is 6.20. The number of rotatable bonds is 3. The van der Waals surface area contributed by atoms with Gasteiger partial charge in [-0.25, -0.2) is 0 Å². The Morgan fingerprint density at radius 3 is 2.65 bits per heavy atom. The van der Waals surface area contributed by atoms with Crippen molar-refractivity contribution in [2.45, 2.75) is 68.6 Å². The minimum atomic E-state index is -0.458. The number of hydrogen-bond donors (Lipinski definition) is 2. The first kappa shape index (κ1) is 17.5. The number of hydrogen-bond acceptors (Lipinski definition) is 6. The highest BCUT2D eigenvalue weighted by atomic mass is 35.5. The van der Waals surface area contributed by atoms with Crippen LogP contribution in [0, 0.1) is 0 Å². The van der Waals surface area contributed by atoms with Crippen LogP contribution in [-0.2, 0) is 0 Å². The van der Waals surface area contributed by atoms with E-state index in [9.17, 15) is 9.90 Å². The van der Waals surface area contributed by atoms with E-state index < -0.39 is 6.10 Å². The van der Waals surface area contributed by atoms with E-state index in [4.69, 9.17) is 22.1 Å². The highest BCUT2D eigenvalue weighted by Gasteiger charge is 2.29. The number of aromatic nitrogens is 3. The molecule has 2 aromatic rings. The molecule has 0 spiro atoms. The van der Waals surface area contributed by atoms with Crippen molar-refractivity contribution in [1.29, 1.82) is 0 Å². The summed E-state index contributed by atoms with van der Waals surface area (Å²) in [7, 11) is 0. The maximum Gasteiger partial charge on any atom is 0.320 e. The number of alkyl halides is 1. The molecular formula is C18H23ClN4O3. The number of nitrogen functional groups attached to an aromatic ring is 1. The fourth-order valence-corrected chi connectivity index (χ4v) is 4.28. The van der Waals surface area contributed by atoms with Gasteiger partial charge in [-0.1, -0.05) is 0 Å². The molecule has 26 heavy (non-hydrogen) atoms. The SMILES string of the molecule is Nc1nc(OC2CCC(Cl)CC2)nc2c1c(=O)ccn2[C@H]1CCC[C@@H]1O. The van der Waals surface area contributed by atoms with Crippen LogP contribution in [0.5, 0.6) is 6.01 Å². The molecular weight excluding hydrogens is 356 g/mol. The Bertz CT molecular complexity index is 863. The third-order valence-corrected chi connectivity index (χ3v) is 5.89. The second kappa shape index (κ2) is 7.04. The average Bonchev–Trinajstić information content (AvgIpc) is 3.03. The number of nitrogens with two attached hydrogens (primary N) is 1. The first-order valence-electron chi connectivity index (χ1n) is 9.20. The molecule has 2 fully saturated rings. The van der Waals surface area contributed by atoms with Crippen LogP contribution < -0.4 is 15.9 Å². The normalized spacial score (nSPS) is 29.2. The quantitative estimate of drug-likeness (QED) is 0.795.